The van der Waals surface area contributed by atoms with E-state index in [9.17, 15) is 4.79 Å². The summed E-state index contributed by atoms with van der Waals surface area (Å²) >= 11 is 0. The van der Waals surface area contributed by atoms with Crippen LogP contribution in [0.4, 0.5) is 0 Å². The van der Waals surface area contributed by atoms with Crippen molar-refractivity contribution in [3.8, 4) is 0 Å². The van der Waals surface area contributed by atoms with Gasteiger partial charge >= 0.3 is 0 Å². The minimum absolute atomic E-state index is 0.102. The molecule has 0 aromatic heterocycles. The molecule has 0 fully saturated rings. The van der Waals surface area contributed by atoms with E-state index in [4.69, 9.17) is 0 Å². The van der Waals surface area contributed by atoms with E-state index in [0.29, 0.717) is 6.54 Å². The number of hydrogen-bond acceptors (Lipinski definition) is 2. The van der Waals surface area contributed by atoms with Gasteiger partial charge in [0.15, 0.2) is 0 Å². The van der Waals surface area contributed by atoms with Crippen molar-refractivity contribution in [3.05, 3.63) is 71.3 Å². The molecular formula is C20H24N2O. The number of likely N-dealkylation sites (N-methyl/N-ethyl adjacent to an activating group) is 1. The maximum Gasteiger partial charge on any atom is 0.234 e. The number of nitrogens with zero attached hydrogens (tertiary/aromatic N) is 1. The SMILES string of the molecule is CN(CC(=O)N[C@H]1CCCc2ccccc21)Cc1ccccc1. The van der Waals surface area contributed by atoms with Crippen molar-refractivity contribution in [2.75, 3.05) is 13.6 Å². The Bertz CT molecular complexity index is 654. The molecule has 0 saturated heterocycles. The molecule has 0 aliphatic heterocycles. The minimum atomic E-state index is 0.102. The average molecular weight is 308 g/mol. The van der Waals surface area contributed by atoms with Gasteiger partial charge < -0.3 is 5.32 Å². The second-order valence-electron chi connectivity index (χ2n) is 6.37. The lowest BCUT2D eigenvalue weighted by molar-refractivity contribution is -0.122. The standard InChI is InChI=1S/C20H24N2O/c1-22(14-16-8-3-2-4-9-16)15-20(23)21-19-13-7-11-17-10-5-6-12-18(17)19/h2-6,8-10,12,19H,7,11,13-15H2,1H3,(H,21,23)/t19-/m0/s1. The van der Waals surface area contributed by atoms with Crippen molar-refractivity contribution >= 4 is 5.91 Å². The van der Waals surface area contributed by atoms with Crippen molar-refractivity contribution in [2.45, 2.75) is 31.8 Å². The fourth-order valence-corrected chi connectivity index (χ4v) is 3.34. The van der Waals surface area contributed by atoms with Gasteiger partial charge in [0.05, 0.1) is 12.6 Å². The summed E-state index contributed by atoms with van der Waals surface area (Å²) in [6, 6.07) is 18.9. The maximum atomic E-state index is 12.4. The fraction of sp³-hybridized carbons (Fsp3) is 0.350. The molecule has 2 aromatic rings. The highest BCUT2D eigenvalue weighted by molar-refractivity contribution is 5.78. The van der Waals surface area contributed by atoms with E-state index in [0.717, 1.165) is 25.8 Å². The largest absolute Gasteiger partial charge is 0.348 e. The molecule has 23 heavy (non-hydrogen) atoms. The van der Waals surface area contributed by atoms with Crippen LogP contribution in [0.2, 0.25) is 0 Å². The number of carbonyl (C=O) groups excluding carboxylic acids is 1. The minimum Gasteiger partial charge on any atom is -0.348 e. The molecule has 0 radical (unpaired) electrons. The van der Waals surface area contributed by atoms with E-state index in [1.807, 2.05) is 25.2 Å². The van der Waals surface area contributed by atoms with Crippen molar-refractivity contribution in [1.29, 1.82) is 0 Å². The normalized spacial score (nSPS) is 16.9. The summed E-state index contributed by atoms with van der Waals surface area (Å²) in [4.78, 5) is 14.4. The molecule has 3 rings (SSSR count). The molecule has 0 heterocycles. The summed E-state index contributed by atoms with van der Waals surface area (Å²) in [5, 5.41) is 3.21. The lowest BCUT2D eigenvalue weighted by Crippen LogP contribution is -2.38. The number of fused-ring (bicyclic) bond motifs is 1. The van der Waals surface area contributed by atoms with Crippen LogP contribution in [-0.4, -0.2) is 24.4 Å². The summed E-state index contributed by atoms with van der Waals surface area (Å²) in [6.45, 7) is 1.21. The fourth-order valence-electron chi connectivity index (χ4n) is 3.34. The Morgan fingerprint density at radius 1 is 1.13 bits per heavy atom. The first-order valence-electron chi connectivity index (χ1n) is 8.32. The Balaban J connectivity index is 1.56. The number of benzene rings is 2. The van der Waals surface area contributed by atoms with Gasteiger partial charge in [-0.05, 0) is 43.0 Å². The molecule has 1 N–H and O–H groups in total. The van der Waals surface area contributed by atoms with Crippen molar-refractivity contribution in [2.24, 2.45) is 0 Å². The van der Waals surface area contributed by atoms with Crippen LogP contribution in [0.5, 0.6) is 0 Å². The molecule has 1 atom stereocenters. The van der Waals surface area contributed by atoms with Crippen LogP contribution in [0.1, 0.15) is 35.6 Å². The molecule has 3 heteroatoms. The molecule has 0 spiro atoms. The second-order valence-corrected chi connectivity index (χ2v) is 6.37. The van der Waals surface area contributed by atoms with Crippen LogP contribution in [0.15, 0.2) is 54.6 Å². The Hall–Kier alpha value is -2.13. The van der Waals surface area contributed by atoms with Gasteiger partial charge in [-0.3, -0.25) is 9.69 Å². The van der Waals surface area contributed by atoms with Crippen LogP contribution < -0.4 is 5.32 Å². The van der Waals surface area contributed by atoms with Gasteiger partial charge in [-0.1, -0.05) is 54.6 Å². The summed E-state index contributed by atoms with van der Waals surface area (Å²) in [5.41, 5.74) is 3.89. The van der Waals surface area contributed by atoms with E-state index in [-0.39, 0.29) is 11.9 Å². The van der Waals surface area contributed by atoms with E-state index in [1.54, 1.807) is 0 Å². The number of rotatable bonds is 5. The highest BCUT2D eigenvalue weighted by Crippen LogP contribution is 2.29. The predicted octanol–water partition coefficient (Wildman–Crippen LogP) is 3.31. The molecule has 0 saturated carbocycles. The Labute approximate surface area is 138 Å². The van der Waals surface area contributed by atoms with Gasteiger partial charge in [0, 0.05) is 6.54 Å². The molecule has 3 nitrogen and oxygen atoms in total. The van der Waals surface area contributed by atoms with Crippen molar-refractivity contribution in [1.82, 2.24) is 10.2 Å². The maximum absolute atomic E-state index is 12.4. The van der Waals surface area contributed by atoms with Crippen LogP contribution in [0.3, 0.4) is 0 Å². The highest BCUT2D eigenvalue weighted by Gasteiger charge is 2.21. The summed E-state index contributed by atoms with van der Waals surface area (Å²) in [6.07, 6.45) is 3.30. The quantitative estimate of drug-likeness (QED) is 0.919. The third kappa shape index (κ3) is 4.20. The number of hydrogen-bond donors (Lipinski definition) is 1. The predicted molar refractivity (Wildman–Crippen MR) is 93.0 cm³/mol. The molecule has 0 bridgehead atoms. The van der Waals surface area contributed by atoms with Gasteiger partial charge in [0.25, 0.3) is 0 Å². The molecule has 0 unspecified atom stereocenters. The van der Waals surface area contributed by atoms with E-state index in [1.165, 1.54) is 16.7 Å². The first kappa shape index (κ1) is 15.8. The van der Waals surface area contributed by atoms with Gasteiger partial charge in [-0.2, -0.15) is 0 Å². The summed E-state index contributed by atoms with van der Waals surface area (Å²) < 4.78 is 0. The van der Waals surface area contributed by atoms with Gasteiger partial charge in [0.2, 0.25) is 5.91 Å². The topological polar surface area (TPSA) is 32.3 Å². The number of aryl methyl sites for hydroxylation is 1. The van der Waals surface area contributed by atoms with Crippen LogP contribution >= 0.6 is 0 Å². The Morgan fingerprint density at radius 2 is 1.87 bits per heavy atom. The number of carbonyl (C=O) groups is 1. The van der Waals surface area contributed by atoms with Crippen molar-refractivity contribution < 1.29 is 4.79 Å². The Kier molecular flexibility index (Phi) is 5.09. The third-order valence-corrected chi connectivity index (χ3v) is 4.41. The summed E-state index contributed by atoms with van der Waals surface area (Å²) in [5.74, 6) is 0.102. The average Bonchev–Trinajstić information content (AvgIpc) is 2.56. The molecule has 2 aromatic carbocycles. The number of amides is 1. The van der Waals surface area contributed by atoms with E-state index < -0.39 is 0 Å². The molecule has 1 aliphatic carbocycles. The van der Waals surface area contributed by atoms with Gasteiger partial charge in [-0.15, -0.1) is 0 Å². The first-order chi connectivity index (χ1) is 11.2. The monoisotopic (exact) mass is 308 g/mol. The zero-order valence-electron chi connectivity index (χ0n) is 13.7. The highest BCUT2D eigenvalue weighted by atomic mass is 16.2. The lowest BCUT2D eigenvalue weighted by atomic mass is 9.88. The van der Waals surface area contributed by atoms with Crippen LogP contribution in [0, 0.1) is 0 Å². The molecule has 1 aliphatic rings. The molecular weight excluding hydrogens is 284 g/mol. The van der Waals surface area contributed by atoms with E-state index >= 15 is 0 Å². The van der Waals surface area contributed by atoms with E-state index in [2.05, 4.69) is 46.6 Å². The molecule has 120 valence electrons. The van der Waals surface area contributed by atoms with Crippen LogP contribution in [-0.2, 0) is 17.8 Å². The van der Waals surface area contributed by atoms with Gasteiger partial charge in [0.1, 0.15) is 0 Å². The van der Waals surface area contributed by atoms with Gasteiger partial charge in [-0.25, -0.2) is 0 Å². The zero-order valence-corrected chi connectivity index (χ0v) is 13.7. The third-order valence-electron chi connectivity index (χ3n) is 4.41. The first-order valence-corrected chi connectivity index (χ1v) is 8.32. The summed E-state index contributed by atoms with van der Waals surface area (Å²) in [7, 11) is 1.99. The Morgan fingerprint density at radius 3 is 2.70 bits per heavy atom. The lowest BCUT2D eigenvalue weighted by Gasteiger charge is -2.27. The second kappa shape index (κ2) is 7.42. The molecule has 1 amide bonds. The van der Waals surface area contributed by atoms with Crippen molar-refractivity contribution in [3.63, 3.8) is 0 Å². The smallest absolute Gasteiger partial charge is 0.234 e. The zero-order chi connectivity index (χ0) is 16.1. The number of nitrogens with one attached hydrogen (secondary N) is 1. The van der Waals surface area contributed by atoms with Crippen LogP contribution in [0.25, 0.3) is 0 Å².